The van der Waals surface area contributed by atoms with E-state index < -0.39 is 6.36 Å². The van der Waals surface area contributed by atoms with Crippen molar-refractivity contribution in [2.45, 2.75) is 52.9 Å². The van der Waals surface area contributed by atoms with Crippen LogP contribution in [0.1, 0.15) is 39.7 Å². The van der Waals surface area contributed by atoms with Gasteiger partial charge in [-0.25, -0.2) is 0 Å². The zero-order valence-electron chi connectivity index (χ0n) is 13.1. The van der Waals surface area contributed by atoms with Gasteiger partial charge in [-0.2, -0.15) is 0 Å². The minimum Gasteiger partial charge on any atom is -0.406 e. The third kappa shape index (κ3) is 7.95. The first-order valence-electron chi connectivity index (χ1n) is 7.17. The van der Waals surface area contributed by atoms with E-state index in [4.69, 9.17) is 0 Å². The van der Waals surface area contributed by atoms with E-state index in [0.717, 1.165) is 24.9 Å². The summed E-state index contributed by atoms with van der Waals surface area (Å²) in [5, 5.41) is 3.43. The number of hydrogen-bond acceptors (Lipinski definition) is 2. The lowest BCUT2D eigenvalue weighted by Crippen LogP contribution is -2.34. The van der Waals surface area contributed by atoms with Gasteiger partial charge in [-0.05, 0) is 42.5 Å². The van der Waals surface area contributed by atoms with Crippen molar-refractivity contribution >= 4 is 0 Å². The fourth-order valence-corrected chi connectivity index (χ4v) is 2.36. The van der Waals surface area contributed by atoms with Crippen molar-refractivity contribution in [3.63, 3.8) is 0 Å². The summed E-state index contributed by atoms with van der Waals surface area (Å²) in [6, 6.07) is 6.41. The second-order valence-corrected chi connectivity index (χ2v) is 6.42. The number of nitrogens with one attached hydrogen (secondary N) is 1. The number of benzene rings is 1. The predicted molar refractivity (Wildman–Crippen MR) is 78.4 cm³/mol. The topological polar surface area (TPSA) is 21.3 Å². The highest BCUT2D eigenvalue weighted by molar-refractivity contribution is 5.28. The van der Waals surface area contributed by atoms with Gasteiger partial charge in [0.1, 0.15) is 5.75 Å². The van der Waals surface area contributed by atoms with Gasteiger partial charge in [0.05, 0.1) is 0 Å². The van der Waals surface area contributed by atoms with Crippen LogP contribution in [-0.2, 0) is 6.42 Å². The average Bonchev–Trinajstić information content (AvgIpc) is 2.28. The van der Waals surface area contributed by atoms with Gasteiger partial charge in [-0.1, -0.05) is 39.8 Å². The molecule has 0 heterocycles. The quantitative estimate of drug-likeness (QED) is 0.833. The van der Waals surface area contributed by atoms with Gasteiger partial charge in [-0.3, -0.25) is 0 Å². The van der Waals surface area contributed by atoms with Crippen LogP contribution in [0.2, 0.25) is 0 Å². The lowest BCUT2D eigenvalue weighted by atomic mass is 9.86. The van der Waals surface area contributed by atoms with E-state index in [1.165, 1.54) is 12.1 Å². The van der Waals surface area contributed by atoms with Gasteiger partial charge < -0.3 is 10.1 Å². The van der Waals surface area contributed by atoms with E-state index >= 15 is 0 Å². The van der Waals surface area contributed by atoms with Crippen LogP contribution in [0.5, 0.6) is 5.75 Å². The maximum absolute atomic E-state index is 12.1. The van der Waals surface area contributed by atoms with E-state index in [1.807, 2.05) is 0 Å². The number of hydrogen-bond donors (Lipinski definition) is 1. The van der Waals surface area contributed by atoms with Gasteiger partial charge in [-0.15, -0.1) is 13.2 Å². The van der Waals surface area contributed by atoms with Gasteiger partial charge in [0.25, 0.3) is 0 Å². The Balaban J connectivity index is 2.67. The van der Waals surface area contributed by atoms with E-state index in [1.54, 1.807) is 12.1 Å². The number of rotatable bonds is 6. The molecule has 0 aliphatic rings. The Hall–Kier alpha value is -1.23. The Bertz CT molecular complexity index is 421. The molecule has 0 aromatic heterocycles. The van der Waals surface area contributed by atoms with Crippen molar-refractivity contribution < 1.29 is 17.9 Å². The highest BCUT2D eigenvalue weighted by atomic mass is 19.4. The molecule has 2 nitrogen and oxygen atoms in total. The molecule has 0 radical (unpaired) electrons. The van der Waals surface area contributed by atoms with Crippen molar-refractivity contribution in [2.75, 3.05) is 6.54 Å². The summed E-state index contributed by atoms with van der Waals surface area (Å²) in [6.07, 6.45) is -2.85. The minimum absolute atomic E-state index is 0.179. The molecule has 1 rings (SSSR count). The summed E-state index contributed by atoms with van der Waals surface area (Å²) < 4.78 is 40.2. The van der Waals surface area contributed by atoms with Gasteiger partial charge in [0.15, 0.2) is 0 Å². The van der Waals surface area contributed by atoms with Gasteiger partial charge in [0, 0.05) is 6.04 Å². The Labute approximate surface area is 124 Å². The molecule has 0 fully saturated rings. The standard InChI is InChI=1S/C16H24F3NO/c1-5-20-13(11-15(2,3)4)10-12-6-8-14(9-7-12)21-16(17,18)19/h6-9,13,20H,5,10-11H2,1-4H3. The second kappa shape index (κ2) is 7.16. The lowest BCUT2D eigenvalue weighted by Gasteiger charge is -2.26. The molecule has 0 saturated heterocycles. The molecule has 5 heteroatoms. The Morgan fingerprint density at radius 2 is 1.67 bits per heavy atom. The molecular weight excluding hydrogens is 279 g/mol. The van der Waals surface area contributed by atoms with Crippen LogP contribution in [0.3, 0.4) is 0 Å². The van der Waals surface area contributed by atoms with E-state index in [-0.39, 0.29) is 11.2 Å². The van der Waals surface area contributed by atoms with Crippen molar-refractivity contribution in [3.8, 4) is 5.75 Å². The van der Waals surface area contributed by atoms with E-state index in [9.17, 15) is 13.2 Å². The van der Waals surface area contributed by atoms with Crippen LogP contribution in [0.4, 0.5) is 13.2 Å². The van der Waals surface area contributed by atoms with Crippen molar-refractivity contribution in [1.29, 1.82) is 0 Å². The van der Waals surface area contributed by atoms with Crippen molar-refractivity contribution in [1.82, 2.24) is 5.32 Å². The fourth-order valence-electron chi connectivity index (χ4n) is 2.36. The summed E-state index contributed by atoms with van der Waals surface area (Å²) in [6.45, 7) is 9.46. The van der Waals surface area contributed by atoms with Crippen LogP contribution < -0.4 is 10.1 Å². The molecule has 21 heavy (non-hydrogen) atoms. The molecule has 120 valence electrons. The van der Waals surface area contributed by atoms with Gasteiger partial charge in [0.2, 0.25) is 0 Å². The van der Waals surface area contributed by atoms with Crippen LogP contribution in [0, 0.1) is 5.41 Å². The largest absolute Gasteiger partial charge is 0.573 e. The highest BCUT2D eigenvalue weighted by Crippen LogP contribution is 2.25. The van der Waals surface area contributed by atoms with Crippen molar-refractivity contribution in [2.24, 2.45) is 5.41 Å². The van der Waals surface area contributed by atoms with Crippen LogP contribution in [0.15, 0.2) is 24.3 Å². The summed E-state index contributed by atoms with van der Waals surface area (Å²) in [7, 11) is 0. The zero-order chi connectivity index (χ0) is 16.1. The molecule has 0 saturated carbocycles. The zero-order valence-corrected chi connectivity index (χ0v) is 13.1. The smallest absolute Gasteiger partial charge is 0.406 e. The molecule has 1 aromatic rings. The number of ether oxygens (including phenoxy) is 1. The summed E-state index contributed by atoms with van der Waals surface area (Å²) in [5.74, 6) is -0.179. The van der Waals surface area contributed by atoms with Gasteiger partial charge >= 0.3 is 6.36 Å². The van der Waals surface area contributed by atoms with E-state index in [2.05, 4.69) is 37.7 Å². The maximum atomic E-state index is 12.1. The normalized spacial score (nSPS) is 14.0. The number of halogens is 3. The SMILES string of the molecule is CCNC(Cc1ccc(OC(F)(F)F)cc1)CC(C)(C)C. The molecule has 0 bridgehead atoms. The second-order valence-electron chi connectivity index (χ2n) is 6.42. The van der Waals surface area contributed by atoms with E-state index in [0.29, 0.717) is 6.04 Å². The first-order valence-corrected chi connectivity index (χ1v) is 7.17. The Morgan fingerprint density at radius 3 is 2.10 bits per heavy atom. The van der Waals surface area contributed by atoms with Crippen LogP contribution >= 0.6 is 0 Å². The summed E-state index contributed by atoms with van der Waals surface area (Å²) >= 11 is 0. The lowest BCUT2D eigenvalue weighted by molar-refractivity contribution is -0.274. The Kier molecular flexibility index (Phi) is 6.08. The third-order valence-corrected chi connectivity index (χ3v) is 2.99. The molecule has 1 aromatic carbocycles. The van der Waals surface area contributed by atoms with Crippen LogP contribution in [-0.4, -0.2) is 18.9 Å². The molecule has 0 spiro atoms. The molecule has 1 N–H and O–H groups in total. The third-order valence-electron chi connectivity index (χ3n) is 2.99. The molecular formula is C16H24F3NO. The van der Waals surface area contributed by atoms with Crippen molar-refractivity contribution in [3.05, 3.63) is 29.8 Å². The first kappa shape index (κ1) is 17.8. The molecule has 1 atom stereocenters. The van der Waals surface area contributed by atoms with Crippen LogP contribution in [0.25, 0.3) is 0 Å². The number of likely N-dealkylation sites (N-methyl/N-ethyl adjacent to an activating group) is 1. The molecule has 0 aliphatic carbocycles. The monoisotopic (exact) mass is 303 g/mol. The minimum atomic E-state index is -4.64. The fraction of sp³-hybridized carbons (Fsp3) is 0.625. The Morgan fingerprint density at radius 1 is 1.10 bits per heavy atom. The summed E-state index contributed by atoms with van der Waals surface area (Å²) in [4.78, 5) is 0. The molecule has 1 unspecified atom stereocenters. The summed E-state index contributed by atoms with van der Waals surface area (Å²) in [5.41, 5.74) is 1.20. The maximum Gasteiger partial charge on any atom is 0.573 e. The predicted octanol–water partition coefficient (Wildman–Crippen LogP) is 4.54. The number of alkyl halides is 3. The average molecular weight is 303 g/mol. The molecule has 0 aliphatic heterocycles. The first-order chi connectivity index (χ1) is 9.59. The molecule has 0 amide bonds. The highest BCUT2D eigenvalue weighted by Gasteiger charge is 2.31.